The quantitative estimate of drug-likeness (QED) is 0.585. The minimum atomic E-state index is -3.48. The molecule has 1 aromatic carbocycles. The summed E-state index contributed by atoms with van der Waals surface area (Å²) < 4.78 is 47.4. The van der Waals surface area contributed by atoms with Crippen LogP contribution in [0.3, 0.4) is 0 Å². The number of halogens is 1. The van der Waals surface area contributed by atoms with Crippen LogP contribution in [0.1, 0.15) is 12.8 Å². The fraction of sp³-hybridized carbons (Fsp3) is 0.600. The highest BCUT2D eigenvalue weighted by Gasteiger charge is 2.34. The molecule has 2 heterocycles. The van der Waals surface area contributed by atoms with Crippen molar-refractivity contribution < 1.29 is 22.3 Å². The highest BCUT2D eigenvalue weighted by molar-refractivity contribution is 7.86. The second kappa shape index (κ2) is 9.08. The molecular weight excluding hydrogens is 457 g/mol. The van der Waals surface area contributed by atoms with Gasteiger partial charge in [-0.15, -0.1) is 0 Å². The largest absolute Gasteiger partial charge is 0.442 e. The molecule has 3 aliphatic rings. The number of carbonyl (C=O) groups is 1. The number of nitrogens with zero attached hydrogens (tertiary/aromatic N) is 4. The number of anilines is 2. The third kappa shape index (κ3) is 4.82. The summed E-state index contributed by atoms with van der Waals surface area (Å²) in [5.41, 5.74) is 0.813. The molecule has 0 spiro atoms. The van der Waals surface area contributed by atoms with E-state index in [1.165, 1.54) is 33.7 Å². The summed E-state index contributed by atoms with van der Waals surface area (Å²) in [6.45, 7) is 2.07. The van der Waals surface area contributed by atoms with Gasteiger partial charge in [0.25, 0.3) is 10.2 Å². The van der Waals surface area contributed by atoms with Gasteiger partial charge in [0, 0.05) is 46.2 Å². The highest BCUT2D eigenvalue weighted by atomic mass is 32.2. The SMILES string of the molecule is CN(C)S(=O)(=O)N1CCN(c2ccc(N3CC(CNC(=S)C4CC4)OC3=O)cc2F)CC1. The van der Waals surface area contributed by atoms with Crippen LogP contribution in [0.5, 0.6) is 0 Å². The fourth-order valence-corrected chi connectivity index (χ4v) is 5.26. The Bertz CT molecular complexity index is 994. The summed E-state index contributed by atoms with van der Waals surface area (Å²) in [6.07, 6.45) is 1.35. The number of piperazine rings is 1. The molecule has 12 heteroatoms. The molecule has 1 saturated carbocycles. The van der Waals surface area contributed by atoms with E-state index in [-0.39, 0.29) is 19.2 Å². The van der Waals surface area contributed by atoms with Crippen LogP contribution in [0.4, 0.5) is 20.6 Å². The Balaban J connectivity index is 1.36. The van der Waals surface area contributed by atoms with Crippen molar-refractivity contribution >= 4 is 44.9 Å². The Morgan fingerprint density at radius 2 is 1.94 bits per heavy atom. The molecule has 1 aliphatic carbocycles. The van der Waals surface area contributed by atoms with Crippen molar-refractivity contribution in [2.75, 3.05) is 63.2 Å². The Hall–Kier alpha value is -2.02. The number of cyclic esters (lactones) is 1. The topological polar surface area (TPSA) is 85.4 Å². The van der Waals surface area contributed by atoms with Crippen molar-refractivity contribution in [3.63, 3.8) is 0 Å². The van der Waals surface area contributed by atoms with Gasteiger partial charge in [-0.05, 0) is 31.0 Å². The molecule has 1 unspecified atom stereocenters. The maximum Gasteiger partial charge on any atom is 0.414 e. The summed E-state index contributed by atoms with van der Waals surface area (Å²) in [5, 5.41) is 3.16. The van der Waals surface area contributed by atoms with Crippen molar-refractivity contribution in [1.82, 2.24) is 13.9 Å². The predicted molar refractivity (Wildman–Crippen MR) is 124 cm³/mol. The fourth-order valence-electron chi connectivity index (χ4n) is 3.85. The third-order valence-corrected chi connectivity index (χ3v) is 8.35. The van der Waals surface area contributed by atoms with E-state index in [9.17, 15) is 17.6 Å². The Labute approximate surface area is 193 Å². The summed E-state index contributed by atoms with van der Waals surface area (Å²) >= 11 is 5.30. The van der Waals surface area contributed by atoms with Crippen LogP contribution in [0.15, 0.2) is 18.2 Å². The van der Waals surface area contributed by atoms with Gasteiger partial charge in [-0.3, -0.25) is 4.90 Å². The molecule has 2 saturated heterocycles. The average molecular weight is 486 g/mol. The number of thiocarbonyl (C=S) groups is 1. The normalized spacial score (nSPS) is 22.4. The molecule has 1 amide bonds. The first-order chi connectivity index (χ1) is 15.2. The van der Waals surface area contributed by atoms with Gasteiger partial charge in [-0.25, -0.2) is 9.18 Å². The maximum atomic E-state index is 14.9. The van der Waals surface area contributed by atoms with Gasteiger partial charge in [0.05, 0.1) is 29.5 Å². The number of carbonyl (C=O) groups excluding carboxylic acids is 1. The number of ether oxygens (including phenoxy) is 1. The third-order valence-electron chi connectivity index (χ3n) is 5.94. The standard InChI is InChI=1S/C20H28FN5O4S2/c1-23(2)32(28,29)25-9-7-24(8-10-25)18-6-5-15(11-17(18)21)26-13-16(30-20(26)27)12-22-19(31)14-3-4-14/h5-6,11,14,16H,3-4,7-10,12-13H2,1-2H3,(H,22,31). The lowest BCUT2D eigenvalue weighted by atomic mass is 10.2. The van der Waals surface area contributed by atoms with Crippen LogP contribution >= 0.6 is 12.2 Å². The minimum Gasteiger partial charge on any atom is -0.442 e. The molecule has 1 N–H and O–H groups in total. The lowest BCUT2D eigenvalue weighted by Crippen LogP contribution is -2.51. The number of rotatable bonds is 7. The van der Waals surface area contributed by atoms with Gasteiger partial charge < -0.3 is 15.0 Å². The van der Waals surface area contributed by atoms with Gasteiger partial charge in [0.2, 0.25) is 0 Å². The van der Waals surface area contributed by atoms with E-state index in [0.29, 0.717) is 43.5 Å². The first-order valence-corrected chi connectivity index (χ1v) is 12.5. The van der Waals surface area contributed by atoms with E-state index in [2.05, 4.69) is 5.32 Å². The molecule has 176 valence electrons. The van der Waals surface area contributed by atoms with E-state index in [0.717, 1.165) is 17.8 Å². The summed E-state index contributed by atoms with van der Waals surface area (Å²) in [5.74, 6) is -0.0135. The van der Waals surface area contributed by atoms with Crippen molar-refractivity contribution in [2.45, 2.75) is 18.9 Å². The summed E-state index contributed by atoms with van der Waals surface area (Å²) in [6, 6.07) is 4.64. The second-order valence-corrected chi connectivity index (χ2v) is 11.0. The zero-order valence-electron chi connectivity index (χ0n) is 18.2. The Morgan fingerprint density at radius 1 is 1.25 bits per heavy atom. The molecule has 32 heavy (non-hydrogen) atoms. The summed E-state index contributed by atoms with van der Waals surface area (Å²) in [4.78, 5) is 16.3. The van der Waals surface area contributed by atoms with Gasteiger partial charge >= 0.3 is 6.09 Å². The molecule has 3 fully saturated rings. The van der Waals surface area contributed by atoms with E-state index in [1.54, 1.807) is 12.1 Å². The van der Waals surface area contributed by atoms with E-state index in [4.69, 9.17) is 17.0 Å². The summed E-state index contributed by atoms with van der Waals surface area (Å²) in [7, 11) is -0.499. The lowest BCUT2D eigenvalue weighted by molar-refractivity contribution is 0.143. The first kappa shape index (κ1) is 23.1. The van der Waals surface area contributed by atoms with Crippen LogP contribution in [0, 0.1) is 11.7 Å². The van der Waals surface area contributed by atoms with Crippen molar-refractivity contribution in [3.05, 3.63) is 24.0 Å². The number of hydrogen-bond acceptors (Lipinski definition) is 6. The lowest BCUT2D eigenvalue weighted by Gasteiger charge is -2.36. The Morgan fingerprint density at radius 3 is 2.53 bits per heavy atom. The molecule has 0 bridgehead atoms. The van der Waals surface area contributed by atoms with Crippen LogP contribution in [-0.4, -0.2) is 87.6 Å². The smallest absolute Gasteiger partial charge is 0.414 e. The first-order valence-electron chi connectivity index (χ1n) is 10.6. The van der Waals surface area contributed by atoms with Gasteiger partial charge in [0.15, 0.2) is 0 Å². The van der Waals surface area contributed by atoms with Gasteiger partial charge in [-0.1, -0.05) is 12.2 Å². The molecule has 1 atom stereocenters. The molecule has 2 aliphatic heterocycles. The van der Waals surface area contributed by atoms with Gasteiger partial charge in [0.1, 0.15) is 11.9 Å². The van der Waals surface area contributed by atoms with Crippen molar-refractivity contribution in [2.24, 2.45) is 5.92 Å². The molecule has 1 aromatic rings. The van der Waals surface area contributed by atoms with Crippen molar-refractivity contribution in [1.29, 1.82) is 0 Å². The minimum absolute atomic E-state index is 0.275. The van der Waals surface area contributed by atoms with Gasteiger partial charge in [-0.2, -0.15) is 17.0 Å². The zero-order chi connectivity index (χ0) is 23.0. The monoisotopic (exact) mass is 485 g/mol. The molecule has 0 aromatic heterocycles. The Kier molecular flexibility index (Phi) is 6.57. The maximum absolute atomic E-state index is 14.9. The molecular formula is C20H28FN5O4S2. The second-order valence-electron chi connectivity index (χ2n) is 8.45. The highest BCUT2D eigenvalue weighted by Crippen LogP contribution is 2.31. The predicted octanol–water partition coefficient (Wildman–Crippen LogP) is 1.41. The molecule has 0 radical (unpaired) electrons. The molecule has 4 rings (SSSR count). The van der Waals surface area contributed by atoms with Crippen molar-refractivity contribution in [3.8, 4) is 0 Å². The average Bonchev–Trinajstić information content (AvgIpc) is 3.54. The van der Waals surface area contributed by atoms with E-state index in [1.807, 2.05) is 4.90 Å². The van der Waals surface area contributed by atoms with Crippen LogP contribution in [0.2, 0.25) is 0 Å². The number of hydrogen-bond donors (Lipinski definition) is 1. The van der Waals surface area contributed by atoms with Crippen LogP contribution in [0.25, 0.3) is 0 Å². The van der Waals surface area contributed by atoms with E-state index < -0.39 is 22.1 Å². The van der Waals surface area contributed by atoms with Crippen LogP contribution < -0.4 is 15.1 Å². The molecule has 9 nitrogen and oxygen atoms in total. The number of benzene rings is 1. The van der Waals surface area contributed by atoms with Crippen LogP contribution in [-0.2, 0) is 14.9 Å². The number of nitrogens with one attached hydrogen (secondary N) is 1. The van der Waals surface area contributed by atoms with E-state index >= 15 is 0 Å². The number of amides is 1. The zero-order valence-corrected chi connectivity index (χ0v) is 19.8.